The van der Waals surface area contributed by atoms with Gasteiger partial charge in [-0.2, -0.15) is 0 Å². The van der Waals surface area contributed by atoms with Gasteiger partial charge in [-0.1, -0.05) is 82.6 Å². The van der Waals surface area contributed by atoms with Crippen LogP contribution in [0.25, 0.3) is 0 Å². The molecule has 0 N–H and O–H groups in total. The fraction of sp³-hybridized carbons (Fsp3) is 0.531. The second kappa shape index (κ2) is 9.43. The number of para-hydroxylation sites is 1. The van der Waals surface area contributed by atoms with Gasteiger partial charge < -0.3 is 14.1 Å². The topological polar surface area (TPSA) is 38.8 Å². The minimum atomic E-state index is -1.86. The maximum absolute atomic E-state index is 13.1. The van der Waals surface area contributed by atoms with Crippen LogP contribution in [-0.4, -0.2) is 32.5 Å². The van der Waals surface area contributed by atoms with Crippen molar-refractivity contribution in [3.63, 3.8) is 0 Å². The van der Waals surface area contributed by atoms with E-state index in [0.717, 1.165) is 32.2 Å². The molecule has 4 nitrogen and oxygen atoms in total. The highest BCUT2D eigenvalue weighted by Gasteiger charge is 2.71. The average molecular weight is 518 g/mol. The molecule has 0 saturated carbocycles. The van der Waals surface area contributed by atoms with E-state index in [4.69, 9.17) is 9.16 Å². The molecule has 2 heterocycles. The molecule has 0 radical (unpaired) electrons. The molecule has 1 aliphatic carbocycles. The minimum Gasteiger partial charge on any atom is -0.454 e. The van der Waals surface area contributed by atoms with E-state index < -0.39 is 13.9 Å². The largest absolute Gasteiger partial charge is 0.454 e. The Bertz CT molecular complexity index is 1180. The van der Waals surface area contributed by atoms with Gasteiger partial charge >= 0.3 is 5.97 Å². The highest BCUT2D eigenvalue weighted by Crippen LogP contribution is 2.65. The summed E-state index contributed by atoms with van der Waals surface area (Å²) in [6.45, 7) is 15.3. The zero-order valence-electron chi connectivity index (χ0n) is 23.5. The van der Waals surface area contributed by atoms with Gasteiger partial charge in [-0.15, -0.1) is 0 Å². The summed E-state index contributed by atoms with van der Waals surface area (Å²) in [5.74, 6) is -0.0645. The highest BCUT2D eigenvalue weighted by molar-refractivity contribution is 6.74. The van der Waals surface area contributed by atoms with E-state index in [2.05, 4.69) is 106 Å². The number of anilines is 1. The Balaban J connectivity index is 1.57. The van der Waals surface area contributed by atoms with E-state index in [1.54, 1.807) is 0 Å². The van der Waals surface area contributed by atoms with E-state index in [1.165, 1.54) is 22.4 Å². The van der Waals surface area contributed by atoms with Crippen molar-refractivity contribution in [3.8, 4) is 0 Å². The predicted octanol–water partition coefficient (Wildman–Crippen LogP) is 7.54. The number of hydrogen-bond donors (Lipinski definition) is 0. The summed E-state index contributed by atoms with van der Waals surface area (Å²) in [5.41, 5.74) is 4.20. The van der Waals surface area contributed by atoms with Crippen molar-refractivity contribution in [1.82, 2.24) is 0 Å². The molecule has 3 aliphatic rings. The molecule has 0 unspecified atom stereocenters. The maximum Gasteiger partial charge on any atom is 0.307 e. The van der Waals surface area contributed by atoms with Crippen LogP contribution in [0.3, 0.4) is 0 Å². The fourth-order valence-electron chi connectivity index (χ4n) is 6.66. The summed E-state index contributed by atoms with van der Waals surface area (Å²) in [5, 5.41) is 0.176. The molecular weight excluding hydrogens is 474 g/mol. The molecule has 1 fully saturated rings. The number of benzene rings is 2. The zero-order valence-corrected chi connectivity index (χ0v) is 24.5. The molecule has 5 rings (SSSR count). The van der Waals surface area contributed by atoms with Gasteiger partial charge in [-0.3, -0.25) is 4.79 Å². The first-order valence-electron chi connectivity index (χ1n) is 14.0. The Morgan fingerprint density at radius 3 is 2.49 bits per heavy atom. The van der Waals surface area contributed by atoms with Crippen molar-refractivity contribution >= 4 is 20.0 Å². The molecule has 2 aromatic carbocycles. The number of esters is 1. The quantitative estimate of drug-likeness (QED) is 0.196. The number of fused-ring (bicyclic) bond motifs is 1. The molecule has 2 aromatic rings. The van der Waals surface area contributed by atoms with E-state index >= 15 is 0 Å². The van der Waals surface area contributed by atoms with Gasteiger partial charge in [0.1, 0.15) is 5.60 Å². The monoisotopic (exact) mass is 517 g/mol. The molecule has 1 spiro atoms. The Labute approximate surface area is 224 Å². The standard InChI is InChI=1S/C32H43NO3Si/c1-7-8-19-31-21-25(18-20-35-37(5,6)30(2,3)4)29-32(31,22-28(34)36-31)26-16-12-13-17-27(26)33(29)23-24-14-10-9-11-15-24/h9-17,21,29H,7-8,18-20,22-23H2,1-6H3/t29-,31-,32-/m0/s1. The number of unbranched alkanes of at least 4 members (excludes halogenated alkanes) is 1. The van der Waals surface area contributed by atoms with Crippen LogP contribution >= 0.6 is 0 Å². The van der Waals surface area contributed by atoms with E-state index in [9.17, 15) is 4.79 Å². The highest BCUT2D eigenvalue weighted by atomic mass is 28.4. The first-order chi connectivity index (χ1) is 17.5. The third-order valence-corrected chi connectivity index (χ3v) is 14.0. The van der Waals surface area contributed by atoms with Crippen molar-refractivity contribution < 1.29 is 14.0 Å². The van der Waals surface area contributed by atoms with Crippen molar-refractivity contribution in [2.75, 3.05) is 11.5 Å². The van der Waals surface area contributed by atoms with Crippen LogP contribution < -0.4 is 4.90 Å². The fourth-order valence-corrected chi connectivity index (χ4v) is 7.70. The summed E-state index contributed by atoms with van der Waals surface area (Å²) in [6, 6.07) is 19.5. The van der Waals surface area contributed by atoms with E-state index in [1.807, 2.05) is 0 Å². The van der Waals surface area contributed by atoms with Gasteiger partial charge in [-0.05, 0) is 66.2 Å². The average Bonchev–Trinajstić information content (AvgIpc) is 3.38. The number of carbonyl (C=O) groups is 1. The van der Waals surface area contributed by atoms with Gasteiger partial charge in [0.05, 0.1) is 17.9 Å². The maximum atomic E-state index is 13.1. The summed E-state index contributed by atoms with van der Waals surface area (Å²) in [7, 11) is -1.86. The number of nitrogens with zero attached hydrogens (tertiary/aromatic N) is 1. The SMILES string of the molecule is CCCC[C@]12C=C(CCO[Si](C)(C)C(C)(C)C)[C@@H]3N(Cc4ccccc4)c4ccccc4[C@@]31CC(=O)O2. The normalized spacial score (nSPS) is 26.5. The molecule has 3 atom stereocenters. The van der Waals surface area contributed by atoms with Crippen molar-refractivity contribution in [2.24, 2.45) is 0 Å². The van der Waals surface area contributed by atoms with Crippen LogP contribution in [0.5, 0.6) is 0 Å². The lowest BCUT2D eigenvalue weighted by Gasteiger charge is -2.40. The van der Waals surface area contributed by atoms with Gasteiger partial charge in [0, 0.05) is 18.8 Å². The van der Waals surface area contributed by atoms with Crippen LogP contribution in [0, 0.1) is 0 Å². The first kappa shape index (κ1) is 26.2. The van der Waals surface area contributed by atoms with Crippen molar-refractivity contribution in [2.45, 2.75) is 102 Å². The molecule has 0 aromatic heterocycles. The van der Waals surface area contributed by atoms with E-state index in [-0.39, 0.29) is 22.5 Å². The minimum absolute atomic E-state index is 0.0645. The zero-order chi connectivity index (χ0) is 26.5. The second-order valence-electron chi connectivity index (χ2n) is 12.7. The molecule has 5 heteroatoms. The molecule has 0 bridgehead atoms. The Morgan fingerprint density at radius 2 is 1.78 bits per heavy atom. The Hall–Kier alpha value is -2.37. The Morgan fingerprint density at radius 1 is 1.08 bits per heavy atom. The van der Waals surface area contributed by atoms with Gasteiger partial charge in [0.25, 0.3) is 0 Å². The molecule has 2 aliphatic heterocycles. The van der Waals surface area contributed by atoms with Crippen LogP contribution in [0.4, 0.5) is 5.69 Å². The lowest BCUT2D eigenvalue weighted by atomic mass is 9.65. The molecule has 37 heavy (non-hydrogen) atoms. The lowest BCUT2D eigenvalue weighted by Crippen LogP contribution is -2.52. The number of rotatable bonds is 9. The Kier molecular flexibility index (Phi) is 6.69. The van der Waals surface area contributed by atoms with Crippen molar-refractivity contribution in [3.05, 3.63) is 77.4 Å². The summed E-state index contributed by atoms with van der Waals surface area (Å²) in [6.07, 6.45) is 6.64. The second-order valence-corrected chi connectivity index (χ2v) is 17.5. The molecule has 198 valence electrons. The van der Waals surface area contributed by atoms with Crippen LogP contribution in [0.2, 0.25) is 18.1 Å². The molecule has 1 saturated heterocycles. The van der Waals surface area contributed by atoms with Crippen molar-refractivity contribution in [1.29, 1.82) is 0 Å². The summed E-state index contributed by atoms with van der Waals surface area (Å²) >= 11 is 0. The molecule has 0 amide bonds. The lowest BCUT2D eigenvalue weighted by molar-refractivity contribution is -0.146. The van der Waals surface area contributed by atoms with Gasteiger partial charge in [-0.25, -0.2) is 0 Å². The van der Waals surface area contributed by atoms with Gasteiger partial charge in [0.2, 0.25) is 0 Å². The van der Waals surface area contributed by atoms with Gasteiger partial charge in [0.15, 0.2) is 8.32 Å². The first-order valence-corrected chi connectivity index (χ1v) is 16.9. The number of hydrogen-bond acceptors (Lipinski definition) is 4. The number of carbonyl (C=O) groups excluding carboxylic acids is 1. The van der Waals surface area contributed by atoms with Crippen LogP contribution in [-0.2, 0) is 25.9 Å². The predicted molar refractivity (Wildman–Crippen MR) is 153 cm³/mol. The number of ether oxygens (including phenoxy) is 1. The third kappa shape index (κ3) is 4.19. The van der Waals surface area contributed by atoms with Crippen LogP contribution in [0.15, 0.2) is 66.2 Å². The van der Waals surface area contributed by atoms with Crippen LogP contribution in [0.1, 0.15) is 70.9 Å². The summed E-state index contributed by atoms with van der Waals surface area (Å²) < 4.78 is 13.1. The van der Waals surface area contributed by atoms with E-state index in [0.29, 0.717) is 13.0 Å². The smallest absolute Gasteiger partial charge is 0.307 e. The molecular formula is C32H43NO3Si. The third-order valence-electron chi connectivity index (χ3n) is 9.47. The summed E-state index contributed by atoms with van der Waals surface area (Å²) in [4.78, 5) is 15.7.